The molecule has 7 heteroatoms. The number of ether oxygens (including phenoxy) is 1. The molecule has 0 radical (unpaired) electrons. The molecule has 0 bridgehead atoms. The van der Waals surface area contributed by atoms with Crippen molar-refractivity contribution in [2.45, 2.75) is 12.6 Å². The maximum atomic E-state index is 13.7. The van der Waals surface area contributed by atoms with Gasteiger partial charge < -0.3 is 23.6 Å². The van der Waals surface area contributed by atoms with E-state index in [-0.39, 0.29) is 17.9 Å². The molecular weight excluding hydrogens is 470 g/mol. The first-order valence-electron chi connectivity index (χ1n) is 11.7. The molecule has 6 rings (SSSR count). The zero-order chi connectivity index (χ0) is 25.4. The summed E-state index contributed by atoms with van der Waals surface area (Å²) in [6, 6.07) is 27.8. The minimum atomic E-state index is -0.891. The number of para-hydroxylation sites is 2. The summed E-state index contributed by atoms with van der Waals surface area (Å²) in [5.41, 5.74) is 1.07. The fourth-order valence-electron chi connectivity index (χ4n) is 4.56. The monoisotopic (exact) mass is 491 g/mol. The maximum Gasteiger partial charge on any atom is 0.290 e. The molecule has 0 unspecified atom stereocenters. The number of carbonyl (C=O) groups is 2. The van der Waals surface area contributed by atoms with Crippen LogP contribution < -0.4 is 4.74 Å². The Morgan fingerprint density at radius 1 is 0.892 bits per heavy atom. The van der Waals surface area contributed by atoms with E-state index < -0.39 is 23.5 Å². The van der Waals surface area contributed by atoms with Crippen LogP contribution in [-0.2, 0) is 11.3 Å². The first-order valence-corrected chi connectivity index (χ1v) is 11.7. The third-order valence-electron chi connectivity index (χ3n) is 6.26. The van der Waals surface area contributed by atoms with Gasteiger partial charge in [-0.05, 0) is 54.1 Å². The number of fused-ring (bicyclic) bond motifs is 1. The first-order chi connectivity index (χ1) is 18.1. The number of hydrogen-bond acceptors (Lipinski definition) is 6. The van der Waals surface area contributed by atoms with Gasteiger partial charge in [0, 0.05) is 5.39 Å². The van der Waals surface area contributed by atoms with Crippen LogP contribution in [0, 0.1) is 0 Å². The van der Waals surface area contributed by atoms with E-state index in [1.165, 1.54) is 11.2 Å². The number of rotatable bonds is 7. The Morgan fingerprint density at radius 2 is 1.68 bits per heavy atom. The summed E-state index contributed by atoms with van der Waals surface area (Å²) in [6.07, 6.45) is 1.51. The summed E-state index contributed by atoms with van der Waals surface area (Å²) in [5.74, 6) is -0.130. The largest absolute Gasteiger partial charge is 0.503 e. The lowest BCUT2D eigenvalue weighted by atomic mass is 9.94. The Morgan fingerprint density at radius 3 is 2.46 bits per heavy atom. The highest BCUT2D eigenvalue weighted by Crippen LogP contribution is 2.41. The molecule has 5 aromatic rings. The van der Waals surface area contributed by atoms with Crippen LogP contribution in [-0.4, -0.2) is 21.7 Å². The standard InChI is InChI=1S/C30H21NO6/c32-28(25-17-19-8-4-5-14-24(19)37-25)26-27(31(30(34)29(26)33)18-23-13-7-15-35-23)20-9-6-12-22(16-20)36-21-10-2-1-3-11-21/h1-17,27,33H,18H2/t27-/m0/s1. The fourth-order valence-corrected chi connectivity index (χ4v) is 4.56. The Hall–Kier alpha value is -5.04. The van der Waals surface area contributed by atoms with E-state index in [1.807, 2.05) is 48.5 Å². The molecule has 0 spiro atoms. The van der Waals surface area contributed by atoms with Crippen molar-refractivity contribution in [2.75, 3.05) is 0 Å². The molecule has 1 amide bonds. The highest BCUT2D eigenvalue weighted by molar-refractivity contribution is 6.16. The van der Waals surface area contributed by atoms with Crippen LogP contribution in [0.3, 0.4) is 0 Å². The third kappa shape index (κ3) is 4.16. The van der Waals surface area contributed by atoms with Crippen molar-refractivity contribution >= 4 is 22.7 Å². The maximum absolute atomic E-state index is 13.7. The van der Waals surface area contributed by atoms with Crippen molar-refractivity contribution in [1.29, 1.82) is 0 Å². The van der Waals surface area contributed by atoms with Crippen LogP contribution in [0.5, 0.6) is 11.5 Å². The molecule has 0 fully saturated rings. The highest BCUT2D eigenvalue weighted by Gasteiger charge is 2.45. The molecule has 1 N–H and O–H groups in total. The Bertz CT molecular complexity index is 1600. The van der Waals surface area contributed by atoms with Gasteiger partial charge in [0.05, 0.1) is 24.4 Å². The van der Waals surface area contributed by atoms with Crippen molar-refractivity contribution in [3.63, 3.8) is 0 Å². The number of amides is 1. The molecule has 0 saturated carbocycles. The van der Waals surface area contributed by atoms with Gasteiger partial charge in [-0.2, -0.15) is 0 Å². The van der Waals surface area contributed by atoms with Gasteiger partial charge in [-0.25, -0.2) is 0 Å². The van der Waals surface area contributed by atoms with Crippen LogP contribution in [0.1, 0.15) is 27.9 Å². The highest BCUT2D eigenvalue weighted by atomic mass is 16.5. The molecule has 2 aromatic heterocycles. The van der Waals surface area contributed by atoms with Gasteiger partial charge in [0.2, 0.25) is 5.78 Å². The van der Waals surface area contributed by atoms with Crippen molar-refractivity contribution < 1.29 is 28.3 Å². The molecule has 182 valence electrons. The molecule has 1 aliphatic rings. The number of carbonyl (C=O) groups excluding carboxylic acids is 2. The van der Waals surface area contributed by atoms with E-state index >= 15 is 0 Å². The van der Waals surface area contributed by atoms with Crippen LogP contribution in [0.15, 0.2) is 123 Å². The van der Waals surface area contributed by atoms with Crippen LogP contribution in [0.25, 0.3) is 11.0 Å². The average Bonchev–Trinajstić information content (AvgIpc) is 3.65. The van der Waals surface area contributed by atoms with Gasteiger partial charge in [0.15, 0.2) is 11.5 Å². The number of aliphatic hydroxyl groups is 1. The first kappa shape index (κ1) is 22.4. The Labute approximate surface area is 211 Å². The molecule has 0 saturated heterocycles. The second kappa shape index (κ2) is 9.20. The lowest BCUT2D eigenvalue weighted by Crippen LogP contribution is -2.30. The summed E-state index contributed by atoms with van der Waals surface area (Å²) in [4.78, 5) is 28.4. The summed E-state index contributed by atoms with van der Waals surface area (Å²) in [5, 5.41) is 11.7. The molecule has 3 heterocycles. The van der Waals surface area contributed by atoms with E-state index in [9.17, 15) is 14.7 Å². The number of Topliss-reactive ketones (excluding diaryl/α,β-unsaturated/α-hetero) is 1. The van der Waals surface area contributed by atoms with Gasteiger partial charge in [0.25, 0.3) is 5.91 Å². The summed E-state index contributed by atoms with van der Waals surface area (Å²) >= 11 is 0. The van der Waals surface area contributed by atoms with Gasteiger partial charge in [-0.15, -0.1) is 0 Å². The summed E-state index contributed by atoms with van der Waals surface area (Å²) in [6.45, 7) is 0.0568. The van der Waals surface area contributed by atoms with Crippen molar-refractivity contribution in [1.82, 2.24) is 4.90 Å². The molecule has 7 nitrogen and oxygen atoms in total. The van der Waals surface area contributed by atoms with E-state index in [0.717, 1.165) is 5.39 Å². The van der Waals surface area contributed by atoms with Crippen molar-refractivity contribution in [3.8, 4) is 11.5 Å². The van der Waals surface area contributed by atoms with Gasteiger partial charge >= 0.3 is 0 Å². The van der Waals surface area contributed by atoms with E-state index in [2.05, 4.69) is 0 Å². The molecule has 3 aromatic carbocycles. The van der Waals surface area contributed by atoms with Crippen LogP contribution in [0.2, 0.25) is 0 Å². The van der Waals surface area contributed by atoms with E-state index in [4.69, 9.17) is 13.6 Å². The minimum Gasteiger partial charge on any atom is -0.503 e. The fraction of sp³-hybridized carbons (Fsp3) is 0.0667. The lowest BCUT2D eigenvalue weighted by Gasteiger charge is -2.26. The predicted molar refractivity (Wildman–Crippen MR) is 135 cm³/mol. The smallest absolute Gasteiger partial charge is 0.290 e. The SMILES string of the molecule is O=C(C1=C(O)C(=O)N(Cc2ccco2)[C@H]1c1cccc(Oc2ccccc2)c1)c1cc2ccccc2o1. The number of hydrogen-bond donors (Lipinski definition) is 1. The summed E-state index contributed by atoms with van der Waals surface area (Å²) in [7, 11) is 0. The lowest BCUT2D eigenvalue weighted by molar-refractivity contribution is -0.130. The van der Waals surface area contributed by atoms with Gasteiger partial charge in [-0.3, -0.25) is 9.59 Å². The number of ketones is 1. The van der Waals surface area contributed by atoms with Crippen LogP contribution >= 0.6 is 0 Å². The molecule has 37 heavy (non-hydrogen) atoms. The van der Waals surface area contributed by atoms with E-state index in [0.29, 0.717) is 28.4 Å². The molecule has 1 aliphatic heterocycles. The minimum absolute atomic E-state index is 0.0390. The van der Waals surface area contributed by atoms with Crippen molar-refractivity contribution in [2.24, 2.45) is 0 Å². The van der Waals surface area contributed by atoms with Crippen LogP contribution in [0.4, 0.5) is 0 Å². The molecular formula is C30H21NO6. The predicted octanol–water partition coefficient (Wildman–Crippen LogP) is 6.60. The Balaban J connectivity index is 1.42. The number of furan rings is 2. The zero-order valence-electron chi connectivity index (χ0n) is 19.5. The summed E-state index contributed by atoms with van der Waals surface area (Å²) < 4.78 is 17.2. The Kier molecular flexibility index (Phi) is 5.58. The number of benzene rings is 3. The van der Waals surface area contributed by atoms with Crippen molar-refractivity contribution in [3.05, 3.63) is 132 Å². The van der Waals surface area contributed by atoms with Gasteiger partial charge in [-0.1, -0.05) is 48.5 Å². The molecule has 0 aliphatic carbocycles. The molecule has 1 atom stereocenters. The number of nitrogens with zero attached hydrogens (tertiary/aromatic N) is 1. The van der Waals surface area contributed by atoms with Gasteiger partial charge in [0.1, 0.15) is 22.8 Å². The normalized spacial score (nSPS) is 15.5. The third-order valence-corrected chi connectivity index (χ3v) is 6.26. The topological polar surface area (TPSA) is 93.1 Å². The number of aliphatic hydroxyl groups excluding tert-OH is 1. The average molecular weight is 491 g/mol. The second-order valence-corrected chi connectivity index (χ2v) is 8.64. The van der Waals surface area contributed by atoms with E-state index in [1.54, 1.807) is 48.5 Å². The second-order valence-electron chi connectivity index (χ2n) is 8.64. The quantitative estimate of drug-likeness (QED) is 0.258. The zero-order valence-corrected chi connectivity index (χ0v) is 19.5.